The number of hydrogen-bond donors (Lipinski definition) is 0. The molecule has 0 saturated heterocycles. The molecular formula is C4H2Cl2F5I. The summed E-state index contributed by atoms with van der Waals surface area (Å²) in [5.41, 5.74) is 0. The zero-order chi connectivity index (χ0) is 10.2. The van der Waals surface area contributed by atoms with Gasteiger partial charge in [0.2, 0.25) is 0 Å². The van der Waals surface area contributed by atoms with Gasteiger partial charge in [-0.15, -0.1) is 0 Å². The van der Waals surface area contributed by atoms with Gasteiger partial charge in [-0.05, 0) is 11.6 Å². The van der Waals surface area contributed by atoms with Crippen molar-refractivity contribution >= 4 is 45.8 Å². The van der Waals surface area contributed by atoms with E-state index in [2.05, 4.69) is 23.2 Å². The third-order valence-corrected chi connectivity index (χ3v) is 2.81. The zero-order valence-corrected chi connectivity index (χ0v) is 8.90. The molecule has 0 aromatic carbocycles. The maximum Gasteiger partial charge on any atom is 0.375 e. The van der Waals surface area contributed by atoms with Gasteiger partial charge in [0.1, 0.15) is 0 Å². The van der Waals surface area contributed by atoms with Gasteiger partial charge in [-0.2, -0.15) is 8.78 Å². The lowest BCUT2D eigenvalue weighted by Crippen LogP contribution is -2.51. The molecule has 0 fully saturated rings. The van der Waals surface area contributed by atoms with Gasteiger partial charge in [0.25, 0.3) is 0 Å². The summed E-state index contributed by atoms with van der Waals surface area (Å²) in [7, 11) is 0. The first-order chi connectivity index (χ1) is 5.06. The van der Waals surface area contributed by atoms with Crippen LogP contribution in [0.15, 0.2) is 0 Å². The highest BCUT2D eigenvalue weighted by Crippen LogP contribution is 2.50. The quantitative estimate of drug-likeness (QED) is 0.416. The van der Waals surface area contributed by atoms with E-state index in [1.165, 1.54) is 0 Å². The summed E-state index contributed by atoms with van der Waals surface area (Å²) in [5.74, 6) is -4.37. The highest BCUT2D eigenvalue weighted by molar-refractivity contribution is 14.1. The molecule has 8 heteroatoms. The van der Waals surface area contributed by atoms with Crippen LogP contribution in [-0.2, 0) is 0 Å². The van der Waals surface area contributed by atoms with Crippen LogP contribution in [0.2, 0.25) is 0 Å². The Hall–Kier alpha value is 0.960. The van der Waals surface area contributed by atoms with E-state index in [0.717, 1.165) is 22.6 Å². The van der Waals surface area contributed by atoms with E-state index < -0.39 is 20.9 Å². The molecule has 0 heterocycles. The fourth-order valence-corrected chi connectivity index (χ4v) is 1.25. The second-order valence-electron chi connectivity index (χ2n) is 1.91. The molecule has 0 spiro atoms. The molecule has 0 aliphatic rings. The average Bonchev–Trinajstić information content (AvgIpc) is 1.85. The fraction of sp³-hybridized carbons (Fsp3) is 1.00. The fourth-order valence-electron chi connectivity index (χ4n) is 0.291. The molecule has 0 N–H and O–H groups in total. The molecule has 0 aliphatic carbocycles. The van der Waals surface area contributed by atoms with Crippen molar-refractivity contribution < 1.29 is 22.0 Å². The summed E-state index contributed by atoms with van der Waals surface area (Å²) in [6.45, 7) is 0. The van der Waals surface area contributed by atoms with Gasteiger partial charge in [-0.3, -0.25) is 0 Å². The van der Waals surface area contributed by atoms with Gasteiger partial charge < -0.3 is 0 Å². The van der Waals surface area contributed by atoms with Crippen LogP contribution in [-0.4, -0.2) is 20.9 Å². The lowest BCUT2D eigenvalue weighted by Gasteiger charge is -2.29. The standard InChI is InChI=1S/C4H2Cl2F5I/c5-3(9,4(6,10)11)2(7,8)1-12/h1H2. The molecule has 1 atom stereocenters. The maximum absolute atomic E-state index is 12.5. The zero-order valence-electron chi connectivity index (χ0n) is 5.23. The van der Waals surface area contributed by atoms with Crippen LogP contribution in [0.5, 0.6) is 0 Å². The van der Waals surface area contributed by atoms with E-state index >= 15 is 0 Å². The van der Waals surface area contributed by atoms with Crippen molar-refractivity contribution in [2.24, 2.45) is 0 Å². The van der Waals surface area contributed by atoms with Gasteiger partial charge in [-0.25, -0.2) is 13.2 Å². The van der Waals surface area contributed by atoms with Crippen molar-refractivity contribution in [3.8, 4) is 0 Å². The van der Waals surface area contributed by atoms with Gasteiger partial charge >= 0.3 is 16.4 Å². The maximum atomic E-state index is 12.5. The Bertz CT molecular complexity index is 165. The molecule has 0 aliphatic heterocycles. The summed E-state index contributed by atoms with van der Waals surface area (Å²) in [6.07, 6.45) is 0. The first kappa shape index (κ1) is 13.0. The van der Waals surface area contributed by atoms with Gasteiger partial charge in [0, 0.05) is 0 Å². The minimum Gasteiger partial charge on any atom is -0.211 e. The second-order valence-corrected chi connectivity index (χ2v) is 3.67. The number of halogens is 8. The Balaban J connectivity index is 4.85. The second kappa shape index (κ2) is 3.61. The summed E-state index contributed by atoms with van der Waals surface area (Å²) in [5, 5.41) is -9.36. The summed E-state index contributed by atoms with van der Waals surface area (Å²) >= 11 is 9.39. The lowest BCUT2D eigenvalue weighted by molar-refractivity contribution is -0.154. The van der Waals surface area contributed by atoms with Crippen LogP contribution in [0, 0.1) is 0 Å². The van der Waals surface area contributed by atoms with Crippen LogP contribution >= 0.6 is 45.8 Å². The van der Waals surface area contributed by atoms with Crippen molar-refractivity contribution in [2.75, 3.05) is 4.43 Å². The third kappa shape index (κ3) is 2.25. The smallest absolute Gasteiger partial charge is 0.211 e. The topological polar surface area (TPSA) is 0 Å². The molecule has 12 heavy (non-hydrogen) atoms. The van der Waals surface area contributed by atoms with Crippen LogP contribution in [0.1, 0.15) is 0 Å². The van der Waals surface area contributed by atoms with Crippen molar-refractivity contribution in [1.29, 1.82) is 0 Å². The van der Waals surface area contributed by atoms with Gasteiger partial charge in [-0.1, -0.05) is 34.2 Å². The highest BCUT2D eigenvalue weighted by Gasteiger charge is 2.68. The first-order valence-corrected chi connectivity index (χ1v) is 4.73. The molecule has 0 radical (unpaired) electrons. The molecule has 0 aromatic heterocycles. The summed E-state index contributed by atoms with van der Waals surface area (Å²) in [4.78, 5) is 0. The Kier molecular flexibility index (Phi) is 3.89. The minimum absolute atomic E-state index is 1.03. The molecular weight excluding hydrogens is 341 g/mol. The van der Waals surface area contributed by atoms with E-state index in [4.69, 9.17) is 0 Å². The Labute approximate surface area is 88.5 Å². The first-order valence-electron chi connectivity index (χ1n) is 2.44. The molecule has 0 bridgehead atoms. The SMILES string of the molecule is FC(F)(Cl)C(F)(Cl)C(F)(F)CI. The largest absolute Gasteiger partial charge is 0.375 e. The van der Waals surface area contributed by atoms with E-state index in [9.17, 15) is 22.0 Å². The van der Waals surface area contributed by atoms with Crippen molar-refractivity contribution in [1.82, 2.24) is 0 Å². The monoisotopic (exact) mass is 342 g/mol. The summed E-state index contributed by atoms with van der Waals surface area (Å²) in [6, 6.07) is 0. The minimum atomic E-state index is -4.80. The lowest BCUT2D eigenvalue weighted by atomic mass is 10.2. The Morgan fingerprint density at radius 1 is 1.00 bits per heavy atom. The molecule has 74 valence electrons. The normalized spacial score (nSPS) is 19.0. The van der Waals surface area contributed by atoms with Crippen LogP contribution in [0.4, 0.5) is 22.0 Å². The van der Waals surface area contributed by atoms with Crippen LogP contribution in [0.3, 0.4) is 0 Å². The molecule has 1 unspecified atom stereocenters. The molecule has 0 amide bonds. The van der Waals surface area contributed by atoms with E-state index in [1.807, 2.05) is 0 Å². The Morgan fingerprint density at radius 3 is 1.42 bits per heavy atom. The van der Waals surface area contributed by atoms with Crippen molar-refractivity contribution in [2.45, 2.75) is 16.4 Å². The molecule has 0 saturated carbocycles. The van der Waals surface area contributed by atoms with E-state index in [1.54, 1.807) is 0 Å². The highest BCUT2D eigenvalue weighted by atomic mass is 127. The van der Waals surface area contributed by atoms with E-state index in [-0.39, 0.29) is 0 Å². The van der Waals surface area contributed by atoms with E-state index in [0.29, 0.717) is 0 Å². The Morgan fingerprint density at radius 2 is 1.33 bits per heavy atom. The number of rotatable bonds is 3. The molecule has 0 rings (SSSR count). The van der Waals surface area contributed by atoms with Crippen LogP contribution < -0.4 is 0 Å². The van der Waals surface area contributed by atoms with Crippen LogP contribution in [0.25, 0.3) is 0 Å². The predicted octanol–water partition coefficient (Wildman–Crippen LogP) is 3.79. The van der Waals surface area contributed by atoms with Gasteiger partial charge in [0.15, 0.2) is 0 Å². The predicted molar refractivity (Wildman–Crippen MR) is 44.3 cm³/mol. The average molecular weight is 343 g/mol. The third-order valence-electron chi connectivity index (χ3n) is 0.983. The number of alkyl halides is 8. The number of hydrogen-bond acceptors (Lipinski definition) is 0. The van der Waals surface area contributed by atoms with Gasteiger partial charge in [0.05, 0.1) is 4.43 Å². The molecule has 0 aromatic rings. The molecule has 0 nitrogen and oxygen atoms in total. The summed E-state index contributed by atoms with van der Waals surface area (Å²) < 4.78 is 59.9. The van der Waals surface area contributed by atoms with Crippen molar-refractivity contribution in [3.63, 3.8) is 0 Å². The van der Waals surface area contributed by atoms with Crippen molar-refractivity contribution in [3.05, 3.63) is 0 Å².